The van der Waals surface area contributed by atoms with Gasteiger partial charge in [-0.1, -0.05) is 17.8 Å². The number of fused-ring (bicyclic) bond motifs is 1. The van der Waals surface area contributed by atoms with Crippen LogP contribution in [0.15, 0.2) is 29.7 Å². The molecule has 24 heavy (non-hydrogen) atoms. The van der Waals surface area contributed by atoms with Crippen LogP contribution in [0.5, 0.6) is 11.5 Å². The number of carbonyl (C=O) groups is 1. The quantitative estimate of drug-likeness (QED) is 0.741. The van der Waals surface area contributed by atoms with Crippen molar-refractivity contribution in [3.63, 3.8) is 0 Å². The van der Waals surface area contributed by atoms with Crippen molar-refractivity contribution in [1.29, 1.82) is 0 Å². The van der Waals surface area contributed by atoms with Gasteiger partial charge in [-0.05, 0) is 24.6 Å². The molecule has 0 radical (unpaired) electrons. The second kappa shape index (κ2) is 7.57. The first-order valence-corrected chi connectivity index (χ1v) is 8.79. The van der Waals surface area contributed by atoms with E-state index >= 15 is 0 Å². The van der Waals surface area contributed by atoms with Gasteiger partial charge in [0.1, 0.15) is 19.5 Å². The molecule has 0 aliphatic carbocycles. The molecule has 0 saturated carbocycles. The topological polar surface area (TPSA) is 69.5 Å². The van der Waals surface area contributed by atoms with E-state index in [9.17, 15) is 4.79 Å². The van der Waals surface area contributed by atoms with Gasteiger partial charge in [-0.2, -0.15) is 0 Å². The number of amides is 1. The van der Waals surface area contributed by atoms with Crippen molar-refractivity contribution in [3.05, 3.63) is 30.1 Å². The lowest BCUT2D eigenvalue weighted by Crippen LogP contribution is -2.31. The Bertz CT molecular complexity index is 719. The molecule has 0 saturated heterocycles. The van der Waals surface area contributed by atoms with Crippen LogP contribution >= 0.6 is 11.8 Å². The van der Waals surface area contributed by atoms with Crippen molar-refractivity contribution in [2.24, 2.45) is 7.05 Å². The van der Waals surface area contributed by atoms with E-state index in [0.29, 0.717) is 32.1 Å². The zero-order chi connectivity index (χ0) is 16.9. The summed E-state index contributed by atoms with van der Waals surface area (Å²) in [4.78, 5) is 14.3. The molecular weight excluding hydrogens is 328 g/mol. The molecule has 1 aromatic heterocycles. The summed E-state index contributed by atoms with van der Waals surface area (Å²) in [5, 5.41) is 8.53. The van der Waals surface area contributed by atoms with Gasteiger partial charge in [-0.3, -0.25) is 4.79 Å². The minimum Gasteiger partial charge on any atom is -0.486 e. The molecule has 1 aliphatic heterocycles. The van der Waals surface area contributed by atoms with Gasteiger partial charge in [0.15, 0.2) is 16.7 Å². The Hall–Kier alpha value is -2.22. The molecule has 8 heteroatoms. The van der Waals surface area contributed by atoms with Gasteiger partial charge in [0, 0.05) is 20.1 Å². The van der Waals surface area contributed by atoms with E-state index in [1.807, 2.05) is 37.1 Å². The monoisotopic (exact) mass is 348 g/mol. The summed E-state index contributed by atoms with van der Waals surface area (Å²) in [5.74, 6) is 1.92. The molecule has 0 atom stereocenters. The second-order valence-corrected chi connectivity index (χ2v) is 6.34. The highest BCUT2D eigenvalue weighted by molar-refractivity contribution is 7.99. The van der Waals surface area contributed by atoms with E-state index in [1.54, 1.807) is 10.9 Å². The van der Waals surface area contributed by atoms with Crippen LogP contribution < -0.4 is 9.47 Å². The molecule has 1 aromatic carbocycles. The third kappa shape index (κ3) is 3.81. The van der Waals surface area contributed by atoms with Crippen LogP contribution in [0.1, 0.15) is 12.5 Å². The van der Waals surface area contributed by atoms with Crippen molar-refractivity contribution in [1.82, 2.24) is 19.7 Å². The minimum atomic E-state index is 0.0698. The molecular formula is C16H20N4O3S. The first-order chi connectivity index (χ1) is 11.7. The fraction of sp³-hybridized carbons (Fsp3) is 0.438. The zero-order valence-corrected chi connectivity index (χ0v) is 14.6. The predicted molar refractivity (Wildman–Crippen MR) is 90.3 cm³/mol. The Morgan fingerprint density at radius 2 is 2.12 bits per heavy atom. The first-order valence-electron chi connectivity index (χ1n) is 7.80. The zero-order valence-electron chi connectivity index (χ0n) is 13.8. The fourth-order valence-corrected chi connectivity index (χ4v) is 3.19. The number of rotatable bonds is 6. The van der Waals surface area contributed by atoms with E-state index in [-0.39, 0.29) is 5.91 Å². The second-order valence-electron chi connectivity index (χ2n) is 5.40. The minimum absolute atomic E-state index is 0.0698. The average Bonchev–Trinajstić information content (AvgIpc) is 3.02. The van der Waals surface area contributed by atoms with Crippen LogP contribution in [0, 0.1) is 0 Å². The van der Waals surface area contributed by atoms with Gasteiger partial charge >= 0.3 is 0 Å². The third-order valence-corrected chi connectivity index (χ3v) is 4.73. The Kier molecular flexibility index (Phi) is 5.24. The third-order valence-electron chi connectivity index (χ3n) is 3.71. The maximum Gasteiger partial charge on any atom is 0.233 e. The van der Waals surface area contributed by atoms with E-state index in [0.717, 1.165) is 22.2 Å². The van der Waals surface area contributed by atoms with Crippen molar-refractivity contribution >= 4 is 17.7 Å². The van der Waals surface area contributed by atoms with Gasteiger partial charge in [0.05, 0.1) is 5.75 Å². The van der Waals surface area contributed by atoms with E-state index in [4.69, 9.17) is 9.47 Å². The van der Waals surface area contributed by atoms with Gasteiger partial charge in [-0.25, -0.2) is 0 Å². The lowest BCUT2D eigenvalue weighted by atomic mass is 10.2. The Morgan fingerprint density at radius 1 is 1.33 bits per heavy atom. The molecule has 0 spiro atoms. The summed E-state index contributed by atoms with van der Waals surface area (Å²) >= 11 is 1.39. The molecule has 0 bridgehead atoms. The van der Waals surface area contributed by atoms with Crippen molar-refractivity contribution < 1.29 is 14.3 Å². The number of hydrogen-bond acceptors (Lipinski definition) is 6. The number of ether oxygens (including phenoxy) is 2. The normalized spacial score (nSPS) is 12.9. The van der Waals surface area contributed by atoms with E-state index in [1.165, 1.54) is 11.8 Å². The summed E-state index contributed by atoms with van der Waals surface area (Å²) in [5.41, 5.74) is 1.03. The summed E-state index contributed by atoms with van der Waals surface area (Å²) in [7, 11) is 1.86. The molecule has 7 nitrogen and oxygen atoms in total. The lowest BCUT2D eigenvalue weighted by Gasteiger charge is -2.23. The van der Waals surface area contributed by atoms with Crippen molar-refractivity contribution in [2.45, 2.75) is 18.6 Å². The van der Waals surface area contributed by atoms with Gasteiger partial charge < -0.3 is 18.9 Å². The molecule has 1 aliphatic rings. The van der Waals surface area contributed by atoms with Crippen LogP contribution in [0.3, 0.4) is 0 Å². The smallest absolute Gasteiger partial charge is 0.233 e. The number of carbonyl (C=O) groups excluding carboxylic acids is 1. The fourth-order valence-electron chi connectivity index (χ4n) is 2.40. The predicted octanol–water partition coefficient (Wildman–Crippen LogP) is 1.73. The standard InChI is InChI=1S/C16H20N4O3S/c1-3-20(15(21)10-24-16-18-17-11-19(16)2)9-12-4-5-13-14(8-12)23-7-6-22-13/h4-5,8,11H,3,6-7,9-10H2,1-2H3. The van der Waals surface area contributed by atoms with Crippen molar-refractivity contribution in [2.75, 3.05) is 25.5 Å². The van der Waals surface area contributed by atoms with E-state index < -0.39 is 0 Å². The number of thioether (sulfide) groups is 1. The van der Waals surface area contributed by atoms with Crippen LogP contribution in [0.2, 0.25) is 0 Å². The maximum atomic E-state index is 12.5. The number of hydrogen-bond donors (Lipinski definition) is 0. The van der Waals surface area contributed by atoms with Gasteiger partial charge in [0.25, 0.3) is 0 Å². The summed E-state index contributed by atoms with van der Waals surface area (Å²) in [6.07, 6.45) is 1.62. The summed E-state index contributed by atoms with van der Waals surface area (Å²) in [6, 6.07) is 5.82. The number of benzene rings is 1. The maximum absolute atomic E-state index is 12.5. The molecule has 1 amide bonds. The molecule has 3 rings (SSSR count). The molecule has 0 unspecified atom stereocenters. The average molecular weight is 348 g/mol. The molecule has 128 valence electrons. The molecule has 0 N–H and O–H groups in total. The Labute approximate surface area is 145 Å². The van der Waals surface area contributed by atoms with Crippen molar-refractivity contribution in [3.8, 4) is 11.5 Å². The van der Waals surface area contributed by atoms with E-state index in [2.05, 4.69) is 10.2 Å². The van der Waals surface area contributed by atoms with Crippen LogP contribution in [0.25, 0.3) is 0 Å². The lowest BCUT2D eigenvalue weighted by molar-refractivity contribution is -0.128. The largest absolute Gasteiger partial charge is 0.486 e. The Morgan fingerprint density at radius 3 is 2.83 bits per heavy atom. The highest BCUT2D eigenvalue weighted by atomic mass is 32.2. The van der Waals surface area contributed by atoms with Crippen LogP contribution in [-0.2, 0) is 18.4 Å². The highest BCUT2D eigenvalue weighted by Gasteiger charge is 2.16. The summed E-state index contributed by atoms with van der Waals surface area (Å²) < 4.78 is 12.9. The SMILES string of the molecule is CCN(Cc1ccc2c(c1)OCCO2)C(=O)CSc1nncn1C. The number of nitrogens with zero attached hydrogens (tertiary/aromatic N) is 4. The number of aromatic nitrogens is 3. The molecule has 2 heterocycles. The first kappa shape index (κ1) is 16.6. The van der Waals surface area contributed by atoms with Crippen LogP contribution in [0.4, 0.5) is 0 Å². The highest BCUT2D eigenvalue weighted by Crippen LogP contribution is 2.31. The Balaban J connectivity index is 1.61. The van der Waals surface area contributed by atoms with Gasteiger partial charge in [-0.15, -0.1) is 10.2 Å². The van der Waals surface area contributed by atoms with Gasteiger partial charge in [0.2, 0.25) is 5.91 Å². The summed E-state index contributed by atoms with van der Waals surface area (Å²) in [6.45, 7) is 4.30. The number of aryl methyl sites for hydroxylation is 1. The molecule has 2 aromatic rings. The van der Waals surface area contributed by atoms with Crippen LogP contribution in [-0.4, -0.2) is 51.1 Å². The molecule has 0 fully saturated rings.